The topological polar surface area (TPSA) is 88.8 Å². The van der Waals surface area contributed by atoms with Crippen molar-refractivity contribution >= 4 is 17.3 Å². The number of nitrogens with one attached hydrogen (secondary N) is 1. The minimum atomic E-state index is -0.546. The molecule has 0 radical (unpaired) electrons. The van der Waals surface area contributed by atoms with Crippen LogP contribution in [0.5, 0.6) is 5.75 Å². The first-order chi connectivity index (χ1) is 13.9. The summed E-state index contributed by atoms with van der Waals surface area (Å²) in [5, 5.41) is 7.34. The van der Waals surface area contributed by atoms with Crippen molar-refractivity contribution in [3.8, 4) is 5.75 Å². The molecule has 4 heterocycles. The van der Waals surface area contributed by atoms with E-state index in [1.807, 2.05) is 19.9 Å². The van der Waals surface area contributed by atoms with Crippen molar-refractivity contribution in [2.24, 2.45) is 0 Å². The Balaban J connectivity index is 1.56. The number of methoxy groups -OCH3 is 1. The Labute approximate surface area is 168 Å². The molecule has 0 aromatic carbocycles. The summed E-state index contributed by atoms with van der Waals surface area (Å²) in [6.45, 7) is 4.50. The van der Waals surface area contributed by atoms with Crippen LogP contribution < -0.4 is 10.1 Å². The number of likely N-dealkylation sites (tertiary alicyclic amines) is 1. The van der Waals surface area contributed by atoms with Gasteiger partial charge in [-0.15, -0.1) is 0 Å². The van der Waals surface area contributed by atoms with E-state index < -0.39 is 5.54 Å². The van der Waals surface area contributed by atoms with E-state index in [-0.39, 0.29) is 17.9 Å². The zero-order valence-electron chi connectivity index (χ0n) is 16.6. The number of hydrogen-bond acceptors (Lipinski definition) is 5. The standard InChI is InChI=1S/C21H23N5O3/c1-21(2)17(8-11-25(21)20(28)14-6-4-9-22-12-14)24-19(27)15-13-23-26-10-5-7-16(29-3)18(15)26/h4-7,9-10,12-13,17H,8,11H2,1-3H3,(H,24,27). The molecule has 2 amide bonds. The van der Waals surface area contributed by atoms with Gasteiger partial charge in [0, 0.05) is 25.1 Å². The highest BCUT2D eigenvalue weighted by molar-refractivity contribution is 6.02. The maximum Gasteiger partial charge on any atom is 0.255 e. The fourth-order valence-electron chi connectivity index (χ4n) is 3.92. The van der Waals surface area contributed by atoms with Gasteiger partial charge in [-0.2, -0.15) is 5.10 Å². The molecular formula is C21H23N5O3. The number of nitrogens with zero attached hydrogens (tertiary/aromatic N) is 4. The molecule has 29 heavy (non-hydrogen) atoms. The molecule has 1 N–H and O–H groups in total. The van der Waals surface area contributed by atoms with Crippen LogP contribution in [0.4, 0.5) is 0 Å². The normalized spacial score (nSPS) is 18.0. The summed E-state index contributed by atoms with van der Waals surface area (Å²) < 4.78 is 7.00. The summed E-state index contributed by atoms with van der Waals surface area (Å²) in [6, 6.07) is 6.90. The minimum Gasteiger partial charge on any atom is -0.494 e. The number of pyridine rings is 2. The smallest absolute Gasteiger partial charge is 0.255 e. The van der Waals surface area contributed by atoms with Crippen molar-refractivity contribution in [3.05, 3.63) is 60.2 Å². The van der Waals surface area contributed by atoms with E-state index in [0.29, 0.717) is 35.4 Å². The van der Waals surface area contributed by atoms with Crippen LogP contribution in [0, 0.1) is 0 Å². The summed E-state index contributed by atoms with van der Waals surface area (Å²) in [4.78, 5) is 31.8. The molecule has 0 aliphatic carbocycles. The first-order valence-corrected chi connectivity index (χ1v) is 9.46. The molecular weight excluding hydrogens is 370 g/mol. The molecule has 3 aromatic rings. The summed E-state index contributed by atoms with van der Waals surface area (Å²) >= 11 is 0. The number of aromatic nitrogens is 3. The largest absolute Gasteiger partial charge is 0.494 e. The number of carbonyl (C=O) groups is 2. The lowest BCUT2D eigenvalue weighted by Crippen LogP contribution is -2.54. The SMILES string of the molecule is COc1cccn2ncc(C(=O)NC3CCN(C(=O)c4cccnc4)C3(C)C)c12. The molecule has 8 nitrogen and oxygen atoms in total. The van der Waals surface area contributed by atoms with E-state index in [1.165, 1.54) is 6.20 Å². The number of ether oxygens (including phenoxy) is 1. The molecule has 1 saturated heterocycles. The highest BCUT2D eigenvalue weighted by atomic mass is 16.5. The molecule has 8 heteroatoms. The van der Waals surface area contributed by atoms with E-state index in [0.717, 1.165) is 0 Å². The van der Waals surface area contributed by atoms with Crippen LogP contribution in [0.2, 0.25) is 0 Å². The third-order valence-corrected chi connectivity index (χ3v) is 5.62. The Morgan fingerprint density at radius 1 is 1.24 bits per heavy atom. The van der Waals surface area contributed by atoms with Crippen LogP contribution in [-0.2, 0) is 0 Å². The lowest BCUT2D eigenvalue weighted by atomic mass is 9.95. The first-order valence-electron chi connectivity index (χ1n) is 9.46. The lowest BCUT2D eigenvalue weighted by molar-refractivity contribution is 0.0609. The molecule has 1 aliphatic rings. The second-order valence-corrected chi connectivity index (χ2v) is 7.59. The van der Waals surface area contributed by atoms with Crippen LogP contribution in [0.1, 0.15) is 41.0 Å². The van der Waals surface area contributed by atoms with Crippen LogP contribution in [0.15, 0.2) is 49.1 Å². The van der Waals surface area contributed by atoms with Gasteiger partial charge in [0.25, 0.3) is 11.8 Å². The van der Waals surface area contributed by atoms with Gasteiger partial charge in [0.1, 0.15) is 11.3 Å². The molecule has 3 aromatic heterocycles. The predicted molar refractivity (Wildman–Crippen MR) is 107 cm³/mol. The summed E-state index contributed by atoms with van der Waals surface area (Å²) in [6.07, 6.45) is 7.17. The van der Waals surface area contributed by atoms with Gasteiger partial charge in [0.05, 0.1) is 36.0 Å². The Kier molecular flexibility index (Phi) is 4.70. The van der Waals surface area contributed by atoms with Gasteiger partial charge in [-0.3, -0.25) is 14.6 Å². The number of hydrogen-bond donors (Lipinski definition) is 1. The van der Waals surface area contributed by atoms with Crippen LogP contribution in [0.3, 0.4) is 0 Å². The molecule has 0 saturated carbocycles. The number of fused-ring (bicyclic) bond motifs is 1. The summed E-state index contributed by atoms with van der Waals surface area (Å²) in [7, 11) is 1.56. The third kappa shape index (κ3) is 3.20. The average molecular weight is 393 g/mol. The van der Waals surface area contributed by atoms with E-state index in [9.17, 15) is 9.59 Å². The Hall–Kier alpha value is -3.42. The van der Waals surface area contributed by atoms with Gasteiger partial charge in [0.2, 0.25) is 0 Å². The molecule has 0 bridgehead atoms. The van der Waals surface area contributed by atoms with Gasteiger partial charge in [-0.25, -0.2) is 4.52 Å². The Morgan fingerprint density at radius 2 is 2.07 bits per heavy atom. The Morgan fingerprint density at radius 3 is 2.79 bits per heavy atom. The predicted octanol–water partition coefficient (Wildman–Crippen LogP) is 2.16. The highest BCUT2D eigenvalue weighted by Gasteiger charge is 2.45. The third-order valence-electron chi connectivity index (χ3n) is 5.62. The van der Waals surface area contributed by atoms with E-state index >= 15 is 0 Å². The average Bonchev–Trinajstić information content (AvgIpc) is 3.29. The van der Waals surface area contributed by atoms with E-state index in [2.05, 4.69) is 15.4 Å². The molecule has 4 rings (SSSR count). The van der Waals surface area contributed by atoms with Crippen LogP contribution in [-0.4, -0.2) is 56.5 Å². The highest BCUT2D eigenvalue weighted by Crippen LogP contribution is 2.31. The van der Waals surface area contributed by atoms with Crippen molar-refractivity contribution in [1.29, 1.82) is 0 Å². The Bertz CT molecular complexity index is 1060. The molecule has 1 aliphatic heterocycles. The maximum absolute atomic E-state index is 13.0. The van der Waals surface area contributed by atoms with Crippen molar-refractivity contribution < 1.29 is 14.3 Å². The molecule has 1 fully saturated rings. The van der Waals surface area contributed by atoms with Gasteiger partial charge >= 0.3 is 0 Å². The van der Waals surface area contributed by atoms with Crippen molar-refractivity contribution in [1.82, 2.24) is 24.8 Å². The molecule has 0 spiro atoms. The molecule has 1 atom stereocenters. The van der Waals surface area contributed by atoms with Gasteiger partial charge in [-0.05, 0) is 44.5 Å². The van der Waals surface area contributed by atoms with Crippen LogP contribution in [0.25, 0.3) is 5.52 Å². The lowest BCUT2D eigenvalue weighted by Gasteiger charge is -2.36. The van der Waals surface area contributed by atoms with Crippen molar-refractivity contribution in [3.63, 3.8) is 0 Å². The molecule has 1 unspecified atom stereocenters. The number of carbonyl (C=O) groups excluding carboxylic acids is 2. The van der Waals surface area contributed by atoms with E-state index in [1.54, 1.807) is 53.3 Å². The van der Waals surface area contributed by atoms with Crippen LogP contribution >= 0.6 is 0 Å². The quantitative estimate of drug-likeness (QED) is 0.734. The number of amides is 2. The van der Waals surface area contributed by atoms with Gasteiger partial charge < -0.3 is 15.0 Å². The zero-order chi connectivity index (χ0) is 20.6. The fraction of sp³-hybridized carbons (Fsp3) is 0.333. The zero-order valence-corrected chi connectivity index (χ0v) is 16.6. The maximum atomic E-state index is 13.0. The molecule has 150 valence electrons. The number of rotatable bonds is 4. The monoisotopic (exact) mass is 393 g/mol. The van der Waals surface area contributed by atoms with Gasteiger partial charge in [-0.1, -0.05) is 0 Å². The fourth-order valence-corrected chi connectivity index (χ4v) is 3.92. The van der Waals surface area contributed by atoms with Crippen molar-refractivity contribution in [2.45, 2.75) is 31.8 Å². The summed E-state index contributed by atoms with van der Waals surface area (Å²) in [5.74, 6) is 0.255. The van der Waals surface area contributed by atoms with Crippen molar-refractivity contribution in [2.75, 3.05) is 13.7 Å². The van der Waals surface area contributed by atoms with E-state index in [4.69, 9.17) is 4.74 Å². The second-order valence-electron chi connectivity index (χ2n) is 7.59. The second kappa shape index (κ2) is 7.20. The van der Waals surface area contributed by atoms with Gasteiger partial charge in [0.15, 0.2) is 0 Å². The minimum absolute atomic E-state index is 0.0856. The summed E-state index contributed by atoms with van der Waals surface area (Å²) in [5.41, 5.74) is 1.05. The first kappa shape index (κ1) is 18.9.